The van der Waals surface area contributed by atoms with Crippen molar-refractivity contribution in [1.82, 2.24) is 0 Å². The van der Waals surface area contributed by atoms with Crippen LogP contribution in [0, 0.1) is 0 Å². The highest BCUT2D eigenvalue weighted by atomic mass is 79.9. The number of carbonyl (C=O) groups is 1. The smallest absolute Gasteiger partial charge is 0.198 e. The second-order valence-electron chi connectivity index (χ2n) is 4.53. The molecule has 110 valence electrons. The molecule has 0 atom stereocenters. The molecule has 0 spiro atoms. The van der Waals surface area contributed by atoms with Crippen LogP contribution in [0.4, 0.5) is 0 Å². The Morgan fingerprint density at radius 1 is 1.14 bits per heavy atom. The molecule has 0 bridgehead atoms. The van der Waals surface area contributed by atoms with Gasteiger partial charge in [-0.3, -0.25) is 4.79 Å². The Morgan fingerprint density at radius 3 is 2.48 bits per heavy atom. The number of rotatable bonds is 5. The Balaban J connectivity index is 2.58. The molecule has 0 amide bonds. The van der Waals surface area contributed by atoms with Crippen LogP contribution in [0.25, 0.3) is 0 Å². The van der Waals surface area contributed by atoms with Crippen LogP contribution in [-0.2, 0) is 6.42 Å². The molecule has 0 aromatic heterocycles. The van der Waals surface area contributed by atoms with Gasteiger partial charge >= 0.3 is 0 Å². The highest BCUT2D eigenvalue weighted by molar-refractivity contribution is 9.10. The SMILES string of the molecule is CCc1ccccc1C(=O)c1c(Br)cc(OC)cc1OC. The lowest BCUT2D eigenvalue weighted by atomic mass is 9.96. The fraction of sp³-hybridized carbons (Fsp3) is 0.235. The fourth-order valence-corrected chi connectivity index (χ4v) is 2.84. The van der Waals surface area contributed by atoms with Crippen LogP contribution in [0.3, 0.4) is 0 Å². The number of carbonyl (C=O) groups excluding carboxylic acids is 1. The number of halogens is 1. The number of hydrogen-bond donors (Lipinski definition) is 0. The summed E-state index contributed by atoms with van der Waals surface area (Å²) < 4.78 is 11.2. The molecule has 0 saturated heterocycles. The minimum Gasteiger partial charge on any atom is -0.497 e. The third kappa shape index (κ3) is 3.10. The molecule has 0 fully saturated rings. The van der Waals surface area contributed by atoms with Crippen molar-refractivity contribution in [1.29, 1.82) is 0 Å². The van der Waals surface area contributed by atoms with Gasteiger partial charge in [0.15, 0.2) is 5.78 Å². The third-order valence-electron chi connectivity index (χ3n) is 3.35. The van der Waals surface area contributed by atoms with Crippen LogP contribution in [0.2, 0.25) is 0 Å². The maximum absolute atomic E-state index is 12.9. The van der Waals surface area contributed by atoms with Crippen LogP contribution in [0.5, 0.6) is 11.5 Å². The van der Waals surface area contributed by atoms with Crippen LogP contribution in [0.1, 0.15) is 28.4 Å². The zero-order valence-corrected chi connectivity index (χ0v) is 13.9. The van der Waals surface area contributed by atoms with E-state index in [4.69, 9.17) is 9.47 Å². The molecule has 0 radical (unpaired) electrons. The van der Waals surface area contributed by atoms with Gasteiger partial charge in [-0.15, -0.1) is 0 Å². The second kappa shape index (κ2) is 6.76. The Hall–Kier alpha value is -1.81. The van der Waals surface area contributed by atoms with E-state index in [1.807, 2.05) is 31.2 Å². The van der Waals surface area contributed by atoms with Gasteiger partial charge in [-0.05, 0) is 34.0 Å². The minimum absolute atomic E-state index is 0.0566. The molecule has 0 heterocycles. The van der Waals surface area contributed by atoms with Crippen molar-refractivity contribution in [2.75, 3.05) is 14.2 Å². The van der Waals surface area contributed by atoms with E-state index in [2.05, 4.69) is 15.9 Å². The van der Waals surface area contributed by atoms with E-state index in [0.717, 1.165) is 12.0 Å². The lowest BCUT2D eigenvalue weighted by molar-refractivity contribution is 0.103. The lowest BCUT2D eigenvalue weighted by Crippen LogP contribution is -2.08. The first-order valence-electron chi connectivity index (χ1n) is 6.66. The molecule has 0 aliphatic rings. The summed E-state index contributed by atoms with van der Waals surface area (Å²) in [6.07, 6.45) is 0.804. The second-order valence-corrected chi connectivity index (χ2v) is 5.38. The van der Waals surface area contributed by atoms with Crippen molar-refractivity contribution in [3.63, 3.8) is 0 Å². The summed E-state index contributed by atoms with van der Waals surface area (Å²) in [5.74, 6) is 1.08. The van der Waals surface area contributed by atoms with E-state index in [1.165, 1.54) is 0 Å². The van der Waals surface area contributed by atoms with Crippen molar-refractivity contribution >= 4 is 21.7 Å². The molecule has 0 unspecified atom stereocenters. The Bertz CT molecular complexity index is 665. The molecule has 2 aromatic rings. The Kier molecular flexibility index (Phi) is 5.02. The summed E-state index contributed by atoms with van der Waals surface area (Å²) in [6, 6.07) is 11.1. The predicted molar refractivity (Wildman–Crippen MR) is 86.5 cm³/mol. The topological polar surface area (TPSA) is 35.5 Å². The summed E-state index contributed by atoms with van der Waals surface area (Å²) in [4.78, 5) is 12.9. The van der Waals surface area contributed by atoms with E-state index >= 15 is 0 Å². The summed E-state index contributed by atoms with van der Waals surface area (Å²) in [5.41, 5.74) is 2.23. The maximum atomic E-state index is 12.9. The van der Waals surface area contributed by atoms with Gasteiger partial charge < -0.3 is 9.47 Å². The fourth-order valence-electron chi connectivity index (χ4n) is 2.24. The number of ketones is 1. The third-order valence-corrected chi connectivity index (χ3v) is 3.98. The molecular formula is C17H17BrO3. The summed E-state index contributed by atoms with van der Waals surface area (Å²) in [5, 5.41) is 0. The highest BCUT2D eigenvalue weighted by Crippen LogP contribution is 2.34. The van der Waals surface area contributed by atoms with Gasteiger partial charge in [-0.1, -0.05) is 31.2 Å². The van der Waals surface area contributed by atoms with Gasteiger partial charge in [0.05, 0.1) is 19.8 Å². The van der Waals surface area contributed by atoms with Gasteiger partial charge in [0, 0.05) is 16.1 Å². The zero-order valence-electron chi connectivity index (χ0n) is 12.3. The largest absolute Gasteiger partial charge is 0.497 e. The average molecular weight is 349 g/mol. The molecule has 3 nitrogen and oxygen atoms in total. The predicted octanol–water partition coefficient (Wildman–Crippen LogP) is 4.26. The molecule has 0 aliphatic carbocycles. The first-order chi connectivity index (χ1) is 10.1. The van der Waals surface area contributed by atoms with Gasteiger partial charge in [-0.25, -0.2) is 0 Å². The minimum atomic E-state index is -0.0566. The average Bonchev–Trinajstić information content (AvgIpc) is 2.53. The van der Waals surface area contributed by atoms with Crippen molar-refractivity contribution in [3.8, 4) is 11.5 Å². The molecule has 2 aromatic carbocycles. The number of ether oxygens (including phenoxy) is 2. The van der Waals surface area contributed by atoms with Crippen molar-refractivity contribution in [3.05, 3.63) is 57.6 Å². The van der Waals surface area contributed by atoms with Crippen molar-refractivity contribution < 1.29 is 14.3 Å². The van der Waals surface area contributed by atoms with Gasteiger partial charge in [0.2, 0.25) is 0 Å². The first kappa shape index (κ1) is 15.6. The normalized spacial score (nSPS) is 10.3. The Morgan fingerprint density at radius 2 is 1.86 bits per heavy atom. The van der Waals surface area contributed by atoms with Crippen LogP contribution in [-0.4, -0.2) is 20.0 Å². The molecule has 0 aliphatic heterocycles. The van der Waals surface area contributed by atoms with E-state index in [-0.39, 0.29) is 5.78 Å². The summed E-state index contributed by atoms with van der Waals surface area (Å²) in [6.45, 7) is 2.03. The van der Waals surface area contributed by atoms with Crippen molar-refractivity contribution in [2.45, 2.75) is 13.3 Å². The van der Waals surface area contributed by atoms with E-state index in [1.54, 1.807) is 26.4 Å². The monoisotopic (exact) mass is 348 g/mol. The maximum Gasteiger partial charge on any atom is 0.198 e. The van der Waals surface area contributed by atoms with Gasteiger partial charge in [0.1, 0.15) is 11.5 Å². The number of hydrogen-bond acceptors (Lipinski definition) is 3. The Labute approximate surface area is 133 Å². The molecule has 0 saturated carbocycles. The quantitative estimate of drug-likeness (QED) is 0.757. The first-order valence-corrected chi connectivity index (χ1v) is 7.45. The van der Waals surface area contributed by atoms with Gasteiger partial charge in [-0.2, -0.15) is 0 Å². The van der Waals surface area contributed by atoms with E-state index in [9.17, 15) is 4.79 Å². The molecule has 4 heteroatoms. The van der Waals surface area contributed by atoms with Crippen LogP contribution >= 0.6 is 15.9 Å². The van der Waals surface area contributed by atoms with Crippen LogP contribution in [0.15, 0.2) is 40.9 Å². The van der Waals surface area contributed by atoms with Crippen LogP contribution < -0.4 is 9.47 Å². The standard InChI is InChI=1S/C17H17BrO3/c1-4-11-7-5-6-8-13(11)17(19)16-14(18)9-12(20-2)10-15(16)21-3/h5-10H,4H2,1-3H3. The number of aryl methyl sites for hydroxylation is 1. The van der Waals surface area contributed by atoms with E-state index in [0.29, 0.717) is 27.1 Å². The lowest BCUT2D eigenvalue weighted by Gasteiger charge is -2.13. The number of methoxy groups -OCH3 is 2. The highest BCUT2D eigenvalue weighted by Gasteiger charge is 2.21. The summed E-state index contributed by atoms with van der Waals surface area (Å²) in [7, 11) is 3.12. The molecular weight excluding hydrogens is 332 g/mol. The van der Waals surface area contributed by atoms with Crippen molar-refractivity contribution in [2.24, 2.45) is 0 Å². The molecule has 0 N–H and O–H groups in total. The van der Waals surface area contributed by atoms with E-state index < -0.39 is 0 Å². The zero-order chi connectivity index (χ0) is 15.4. The molecule has 21 heavy (non-hydrogen) atoms. The summed E-state index contributed by atoms with van der Waals surface area (Å²) >= 11 is 3.44. The van der Waals surface area contributed by atoms with Gasteiger partial charge in [0.25, 0.3) is 0 Å². The molecule has 2 rings (SSSR count). The number of benzene rings is 2.